The zero-order valence-electron chi connectivity index (χ0n) is 21.0. The second kappa shape index (κ2) is 9.93. The molecule has 4 aromatic rings. The second-order valence-corrected chi connectivity index (χ2v) is 9.81. The summed E-state index contributed by atoms with van der Waals surface area (Å²) >= 11 is 0. The molecule has 194 valence electrons. The molecule has 1 saturated heterocycles. The average Bonchev–Trinajstić information content (AvgIpc) is 3.52. The van der Waals surface area contributed by atoms with Crippen molar-refractivity contribution in [1.29, 1.82) is 0 Å². The highest BCUT2D eigenvalue weighted by atomic mass is 19.1. The number of anilines is 1. The molecule has 8 nitrogen and oxygen atoms in total. The van der Waals surface area contributed by atoms with E-state index in [2.05, 4.69) is 20.6 Å². The molecule has 1 aliphatic rings. The number of carbonyl (C=O) groups is 1. The number of ether oxygens (including phenoxy) is 1. The highest BCUT2D eigenvalue weighted by molar-refractivity contribution is 6.11. The molecular formula is C27H30F2N6O2. The minimum absolute atomic E-state index is 0.219. The maximum Gasteiger partial charge on any atom is 0.276 e. The van der Waals surface area contributed by atoms with Gasteiger partial charge >= 0.3 is 0 Å². The van der Waals surface area contributed by atoms with E-state index in [0.29, 0.717) is 29.9 Å². The van der Waals surface area contributed by atoms with Gasteiger partial charge in [0.25, 0.3) is 5.91 Å². The van der Waals surface area contributed by atoms with Crippen LogP contribution in [-0.2, 0) is 0 Å². The largest absolute Gasteiger partial charge is 0.461 e. The van der Waals surface area contributed by atoms with Gasteiger partial charge < -0.3 is 10.1 Å². The Kier molecular flexibility index (Phi) is 6.68. The van der Waals surface area contributed by atoms with Crippen LogP contribution in [0.15, 0.2) is 54.9 Å². The summed E-state index contributed by atoms with van der Waals surface area (Å²) in [7, 11) is 0. The van der Waals surface area contributed by atoms with Crippen LogP contribution in [-0.4, -0.2) is 56.0 Å². The van der Waals surface area contributed by atoms with Gasteiger partial charge in [0.05, 0.1) is 17.8 Å². The van der Waals surface area contributed by atoms with Gasteiger partial charge in [-0.25, -0.2) is 8.78 Å². The zero-order chi connectivity index (χ0) is 26.2. The molecule has 0 saturated carbocycles. The van der Waals surface area contributed by atoms with E-state index in [1.807, 2.05) is 40.2 Å². The summed E-state index contributed by atoms with van der Waals surface area (Å²) in [6.07, 6.45) is 4.07. The summed E-state index contributed by atoms with van der Waals surface area (Å²) < 4.78 is 34.2. The Morgan fingerprint density at radius 2 is 1.89 bits per heavy atom. The third-order valence-electron chi connectivity index (χ3n) is 6.71. The quantitative estimate of drug-likeness (QED) is 0.312. The van der Waals surface area contributed by atoms with Crippen LogP contribution in [0, 0.1) is 0 Å². The van der Waals surface area contributed by atoms with Crippen LogP contribution < -0.4 is 10.1 Å². The van der Waals surface area contributed by atoms with Gasteiger partial charge in [-0.15, -0.1) is 0 Å². The molecule has 2 aromatic heterocycles. The van der Waals surface area contributed by atoms with Crippen LogP contribution in [0.5, 0.6) is 5.75 Å². The number of aromatic amines is 1. The van der Waals surface area contributed by atoms with Crippen molar-refractivity contribution in [3.05, 3.63) is 60.6 Å². The van der Waals surface area contributed by atoms with E-state index in [9.17, 15) is 13.6 Å². The van der Waals surface area contributed by atoms with Crippen LogP contribution in [0.25, 0.3) is 22.0 Å². The summed E-state index contributed by atoms with van der Waals surface area (Å²) in [6, 6.07) is 12.4. The Labute approximate surface area is 213 Å². The minimum Gasteiger partial charge on any atom is -0.461 e. The van der Waals surface area contributed by atoms with Crippen LogP contribution in [0.2, 0.25) is 0 Å². The molecular weight excluding hydrogens is 478 g/mol. The standard InChI is InChI=1S/C27H30F2N6O2/c1-17(28)37-22-7-5-20(6-8-22)31-26(36)25-23-14-18(4-9-24(23)32-33-25)19-15-30-35(16-19)21-10-12-34(13-11-21)27(2,3)29/h4-9,14-17,21H,10-13H2,1-3H3,(H,31,36)(H,32,33). The fraction of sp³-hybridized carbons (Fsp3) is 0.370. The smallest absolute Gasteiger partial charge is 0.276 e. The number of likely N-dealkylation sites (tertiary alicyclic amines) is 1. The third kappa shape index (κ3) is 5.48. The first kappa shape index (κ1) is 24.9. The number of H-pyrrole nitrogens is 1. The van der Waals surface area contributed by atoms with E-state index in [4.69, 9.17) is 4.74 Å². The van der Waals surface area contributed by atoms with Crippen molar-refractivity contribution in [3.8, 4) is 16.9 Å². The van der Waals surface area contributed by atoms with Gasteiger partial charge in [0.1, 0.15) is 5.75 Å². The minimum atomic E-state index is -1.42. The van der Waals surface area contributed by atoms with Gasteiger partial charge in [-0.1, -0.05) is 6.07 Å². The van der Waals surface area contributed by atoms with Gasteiger partial charge in [0.15, 0.2) is 11.5 Å². The Hall–Kier alpha value is -3.79. The monoisotopic (exact) mass is 508 g/mol. The van der Waals surface area contributed by atoms with Gasteiger partial charge in [-0.3, -0.25) is 19.5 Å². The number of carbonyl (C=O) groups excluding carboxylic acids is 1. The number of hydrogen-bond acceptors (Lipinski definition) is 5. The Balaban J connectivity index is 1.31. The summed E-state index contributed by atoms with van der Waals surface area (Å²) in [6.45, 7) is 5.87. The molecule has 0 spiro atoms. The molecule has 10 heteroatoms. The first-order valence-electron chi connectivity index (χ1n) is 12.4. The van der Waals surface area contributed by atoms with E-state index >= 15 is 0 Å². The fourth-order valence-electron chi connectivity index (χ4n) is 4.71. The predicted octanol–water partition coefficient (Wildman–Crippen LogP) is 5.72. The number of alkyl halides is 2. The molecule has 1 fully saturated rings. The Morgan fingerprint density at radius 1 is 1.16 bits per heavy atom. The lowest BCUT2D eigenvalue weighted by Crippen LogP contribution is -2.45. The van der Waals surface area contributed by atoms with Crippen molar-refractivity contribution in [2.45, 2.75) is 51.8 Å². The number of nitrogens with zero attached hydrogens (tertiary/aromatic N) is 4. The van der Waals surface area contributed by atoms with Crippen molar-refractivity contribution < 1.29 is 18.3 Å². The number of halogens is 2. The number of nitrogens with one attached hydrogen (secondary N) is 2. The van der Waals surface area contributed by atoms with E-state index in [1.54, 1.807) is 38.1 Å². The molecule has 1 unspecified atom stereocenters. The van der Waals surface area contributed by atoms with Crippen molar-refractivity contribution in [2.24, 2.45) is 0 Å². The summed E-state index contributed by atoms with van der Waals surface area (Å²) in [5, 5.41) is 15.2. The number of benzene rings is 2. The van der Waals surface area contributed by atoms with Crippen LogP contribution in [0.3, 0.4) is 0 Å². The molecule has 0 bridgehead atoms. The summed E-state index contributed by atoms with van der Waals surface area (Å²) in [5.74, 6) is -1.30. The van der Waals surface area contributed by atoms with Crippen molar-refractivity contribution in [1.82, 2.24) is 24.9 Å². The Bertz CT molecular complexity index is 1380. The molecule has 0 aliphatic carbocycles. The topological polar surface area (TPSA) is 88.1 Å². The molecule has 2 N–H and O–H groups in total. The number of aromatic nitrogens is 4. The highest BCUT2D eigenvalue weighted by Gasteiger charge is 2.31. The first-order valence-corrected chi connectivity index (χ1v) is 12.4. The van der Waals surface area contributed by atoms with Gasteiger partial charge in [0.2, 0.25) is 6.36 Å². The highest BCUT2D eigenvalue weighted by Crippen LogP contribution is 2.30. The number of rotatable bonds is 7. The molecule has 37 heavy (non-hydrogen) atoms. The van der Waals surface area contributed by atoms with Gasteiger partial charge in [-0.2, -0.15) is 10.2 Å². The maximum absolute atomic E-state index is 14.2. The summed E-state index contributed by atoms with van der Waals surface area (Å²) in [5.41, 5.74) is 3.39. The van der Waals surface area contributed by atoms with E-state index in [0.717, 1.165) is 29.5 Å². The van der Waals surface area contributed by atoms with Gasteiger partial charge in [-0.05, 0) is 68.7 Å². The van der Waals surface area contributed by atoms with Crippen LogP contribution >= 0.6 is 0 Å². The fourth-order valence-corrected chi connectivity index (χ4v) is 4.71. The number of amides is 1. The number of hydrogen-bond donors (Lipinski definition) is 2. The zero-order valence-corrected chi connectivity index (χ0v) is 21.0. The van der Waals surface area contributed by atoms with Crippen LogP contribution in [0.1, 0.15) is 50.1 Å². The van der Waals surface area contributed by atoms with Crippen LogP contribution in [0.4, 0.5) is 14.5 Å². The van der Waals surface area contributed by atoms with Crippen molar-refractivity contribution in [2.75, 3.05) is 18.4 Å². The SMILES string of the molecule is CC(F)Oc1ccc(NC(=O)c2n[nH]c3ccc(-c4cnn(C5CCN(C(C)(C)F)CC5)c4)cc23)cc1. The van der Waals surface area contributed by atoms with Crippen molar-refractivity contribution in [3.63, 3.8) is 0 Å². The average molecular weight is 509 g/mol. The predicted molar refractivity (Wildman–Crippen MR) is 138 cm³/mol. The molecule has 2 aromatic carbocycles. The van der Waals surface area contributed by atoms with Gasteiger partial charge in [0, 0.05) is 42.8 Å². The molecule has 1 aliphatic heterocycles. The van der Waals surface area contributed by atoms with E-state index < -0.39 is 12.2 Å². The molecule has 0 radical (unpaired) electrons. The van der Waals surface area contributed by atoms with Crippen molar-refractivity contribution >= 4 is 22.5 Å². The van der Waals surface area contributed by atoms with E-state index in [-0.39, 0.29) is 17.6 Å². The number of fused-ring (bicyclic) bond motifs is 1. The normalized spacial score (nSPS) is 16.1. The molecule has 3 heterocycles. The first-order chi connectivity index (χ1) is 17.7. The number of piperidine rings is 1. The third-order valence-corrected chi connectivity index (χ3v) is 6.71. The van der Waals surface area contributed by atoms with E-state index in [1.165, 1.54) is 6.92 Å². The maximum atomic E-state index is 14.2. The lowest BCUT2D eigenvalue weighted by Gasteiger charge is -2.37. The second-order valence-electron chi connectivity index (χ2n) is 9.81. The summed E-state index contributed by atoms with van der Waals surface area (Å²) in [4.78, 5) is 14.8. The molecule has 5 rings (SSSR count). The lowest BCUT2D eigenvalue weighted by atomic mass is 10.0. The lowest BCUT2D eigenvalue weighted by molar-refractivity contribution is -0.0236. The molecule has 1 amide bonds. The molecule has 1 atom stereocenters. The Morgan fingerprint density at radius 3 is 2.57 bits per heavy atom.